The van der Waals surface area contributed by atoms with Gasteiger partial charge in [0.25, 0.3) is 0 Å². The van der Waals surface area contributed by atoms with Crippen LogP contribution in [0.1, 0.15) is 37.0 Å². The van der Waals surface area contributed by atoms with E-state index < -0.39 is 6.04 Å². The van der Waals surface area contributed by atoms with Crippen molar-refractivity contribution in [2.75, 3.05) is 12.3 Å². The summed E-state index contributed by atoms with van der Waals surface area (Å²) in [4.78, 5) is 27.2. The molecule has 0 saturated carbocycles. The Morgan fingerprint density at radius 1 is 1.03 bits per heavy atom. The van der Waals surface area contributed by atoms with Crippen LogP contribution >= 0.6 is 11.8 Å². The number of carbonyl (C=O) groups excluding carboxylic acids is 2. The number of thioether (sulfide) groups is 1. The van der Waals surface area contributed by atoms with E-state index in [1.54, 1.807) is 17.0 Å². The molecule has 0 unspecified atom stereocenters. The maximum atomic E-state index is 13.2. The normalized spacial score (nSPS) is 11.7. The number of nitrogens with zero attached hydrogens (tertiary/aromatic N) is 1. The van der Waals surface area contributed by atoms with Crippen molar-refractivity contribution in [3.05, 3.63) is 71.0 Å². The fraction of sp³-hybridized carbons (Fsp3) is 0.391. The number of hydrogen-bond acceptors (Lipinski definition) is 3. The molecule has 1 N–H and O–H groups in total. The average molecular weight is 417 g/mol. The van der Waals surface area contributed by atoms with Gasteiger partial charge in [0.1, 0.15) is 11.9 Å². The third-order valence-electron chi connectivity index (χ3n) is 4.62. The molecular weight excluding hydrogens is 387 g/mol. The van der Waals surface area contributed by atoms with Crippen LogP contribution in [0.2, 0.25) is 0 Å². The molecule has 2 amide bonds. The summed E-state index contributed by atoms with van der Waals surface area (Å²) in [6.45, 7) is 6.58. The third-order valence-corrected chi connectivity index (χ3v) is 5.61. The van der Waals surface area contributed by atoms with Gasteiger partial charge >= 0.3 is 0 Å². The molecule has 156 valence electrons. The second kappa shape index (κ2) is 11.6. The van der Waals surface area contributed by atoms with Crippen LogP contribution in [0.4, 0.5) is 4.39 Å². The SMILES string of the molecule is CCNC(=O)[C@H](CC)N(Cc1ccc(F)cc1)C(=O)CSCc1ccc(C)cc1. The van der Waals surface area contributed by atoms with Crippen LogP contribution < -0.4 is 5.32 Å². The van der Waals surface area contributed by atoms with E-state index in [1.165, 1.54) is 29.5 Å². The first-order chi connectivity index (χ1) is 13.9. The number of amides is 2. The van der Waals surface area contributed by atoms with Gasteiger partial charge in [0, 0.05) is 18.8 Å². The van der Waals surface area contributed by atoms with Crippen molar-refractivity contribution in [1.82, 2.24) is 10.2 Å². The molecule has 0 aromatic heterocycles. The van der Waals surface area contributed by atoms with E-state index in [0.717, 1.165) is 16.9 Å². The molecule has 1 atom stereocenters. The number of hydrogen-bond donors (Lipinski definition) is 1. The van der Waals surface area contributed by atoms with Gasteiger partial charge in [0.2, 0.25) is 11.8 Å². The minimum absolute atomic E-state index is 0.0930. The van der Waals surface area contributed by atoms with Gasteiger partial charge in [0.15, 0.2) is 0 Å². The third kappa shape index (κ3) is 7.20. The summed E-state index contributed by atoms with van der Waals surface area (Å²) in [5, 5.41) is 2.81. The molecule has 29 heavy (non-hydrogen) atoms. The largest absolute Gasteiger partial charge is 0.355 e. The van der Waals surface area contributed by atoms with E-state index in [1.807, 2.05) is 20.8 Å². The molecule has 6 heteroatoms. The predicted octanol–water partition coefficient (Wildman–Crippen LogP) is 4.31. The number of nitrogens with one attached hydrogen (secondary N) is 1. The number of likely N-dealkylation sites (N-methyl/N-ethyl adjacent to an activating group) is 1. The number of rotatable bonds is 10. The first kappa shape index (κ1) is 22.9. The lowest BCUT2D eigenvalue weighted by atomic mass is 10.1. The van der Waals surface area contributed by atoms with Gasteiger partial charge in [0.05, 0.1) is 5.75 Å². The van der Waals surface area contributed by atoms with E-state index >= 15 is 0 Å². The van der Waals surface area contributed by atoms with Crippen LogP contribution in [-0.2, 0) is 21.9 Å². The van der Waals surface area contributed by atoms with Crippen molar-refractivity contribution in [3.8, 4) is 0 Å². The van der Waals surface area contributed by atoms with Crippen LogP contribution in [-0.4, -0.2) is 35.1 Å². The molecule has 0 aliphatic heterocycles. The Balaban J connectivity index is 2.08. The molecule has 2 rings (SSSR count). The highest BCUT2D eigenvalue weighted by Crippen LogP contribution is 2.18. The Hall–Kier alpha value is -2.34. The van der Waals surface area contributed by atoms with Gasteiger partial charge in [-0.25, -0.2) is 4.39 Å². The number of benzene rings is 2. The van der Waals surface area contributed by atoms with Crippen molar-refractivity contribution in [2.24, 2.45) is 0 Å². The molecule has 0 radical (unpaired) electrons. The molecular formula is C23H29FN2O2S. The lowest BCUT2D eigenvalue weighted by Gasteiger charge is -2.30. The molecule has 0 fully saturated rings. The smallest absolute Gasteiger partial charge is 0.242 e. The zero-order valence-corrected chi connectivity index (χ0v) is 18.1. The highest BCUT2D eigenvalue weighted by molar-refractivity contribution is 7.99. The minimum atomic E-state index is -0.549. The molecule has 0 heterocycles. The minimum Gasteiger partial charge on any atom is -0.355 e. The van der Waals surface area contributed by atoms with Gasteiger partial charge in [-0.1, -0.05) is 48.9 Å². The van der Waals surface area contributed by atoms with Crippen LogP contribution in [0.3, 0.4) is 0 Å². The van der Waals surface area contributed by atoms with Crippen molar-refractivity contribution in [3.63, 3.8) is 0 Å². The molecule has 4 nitrogen and oxygen atoms in total. The topological polar surface area (TPSA) is 49.4 Å². The monoisotopic (exact) mass is 416 g/mol. The maximum absolute atomic E-state index is 13.2. The molecule has 2 aromatic carbocycles. The Morgan fingerprint density at radius 2 is 1.66 bits per heavy atom. The Bertz CT molecular complexity index is 794. The fourth-order valence-corrected chi connectivity index (χ4v) is 3.89. The summed E-state index contributed by atoms with van der Waals surface area (Å²) < 4.78 is 13.2. The summed E-state index contributed by atoms with van der Waals surface area (Å²) in [7, 11) is 0. The average Bonchev–Trinajstić information content (AvgIpc) is 2.71. The van der Waals surface area contributed by atoms with Crippen molar-refractivity contribution in [2.45, 2.75) is 45.5 Å². The lowest BCUT2D eigenvalue weighted by Crippen LogP contribution is -2.49. The summed E-state index contributed by atoms with van der Waals surface area (Å²) in [5.41, 5.74) is 3.16. The zero-order chi connectivity index (χ0) is 21.2. The van der Waals surface area contributed by atoms with Crippen molar-refractivity contribution < 1.29 is 14.0 Å². The van der Waals surface area contributed by atoms with Crippen LogP contribution in [0.15, 0.2) is 48.5 Å². The van der Waals surface area contributed by atoms with E-state index in [2.05, 4.69) is 29.6 Å². The highest BCUT2D eigenvalue weighted by atomic mass is 32.2. The molecule has 2 aromatic rings. The molecule has 0 saturated heterocycles. The lowest BCUT2D eigenvalue weighted by molar-refractivity contribution is -0.139. The standard InChI is InChI=1S/C23H29FN2O2S/c1-4-21(23(28)25-5-2)26(14-18-10-12-20(24)13-11-18)22(27)16-29-15-19-8-6-17(3)7-9-19/h6-13,21H,4-5,14-16H2,1-3H3,(H,25,28)/t21-/m0/s1. The van der Waals surface area contributed by atoms with Crippen LogP contribution in [0.25, 0.3) is 0 Å². The van der Waals surface area contributed by atoms with Gasteiger partial charge in [-0.15, -0.1) is 11.8 Å². The number of carbonyl (C=O) groups is 2. The fourth-order valence-electron chi connectivity index (χ4n) is 3.02. The predicted molar refractivity (Wildman–Crippen MR) is 117 cm³/mol. The molecule has 0 spiro atoms. The van der Waals surface area contributed by atoms with Crippen molar-refractivity contribution >= 4 is 23.6 Å². The Morgan fingerprint density at radius 3 is 2.24 bits per heavy atom. The molecule has 0 bridgehead atoms. The summed E-state index contributed by atoms with van der Waals surface area (Å²) >= 11 is 1.53. The number of aryl methyl sites for hydroxylation is 1. The zero-order valence-electron chi connectivity index (χ0n) is 17.3. The van der Waals surface area contributed by atoms with E-state index in [-0.39, 0.29) is 29.9 Å². The van der Waals surface area contributed by atoms with E-state index in [4.69, 9.17) is 0 Å². The van der Waals surface area contributed by atoms with Gasteiger partial charge in [-0.2, -0.15) is 0 Å². The second-order valence-electron chi connectivity index (χ2n) is 6.95. The molecule has 0 aliphatic carbocycles. The van der Waals surface area contributed by atoms with Gasteiger partial charge in [-0.05, 0) is 43.5 Å². The molecule has 0 aliphatic rings. The Labute approximate surface area is 176 Å². The maximum Gasteiger partial charge on any atom is 0.242 e. The van der Waals surface area contributed by atoms with Gasteiger partial charge in [-0.3, -0.25) is 9.59 Å². The van der Waals surface area contributed by atoms with E-state index in [9.17, 15) is 14.0 Å². The van der Waals surface area contributed by atoms with Gasteiger partial charge < -0.3 is 10.2 Å². The van der Waals surface area contributed by atoms with Crippen LogP contribution in [0.5, 0.6) is 0 Å². The summed E-state index contributed by atoms with van der Waals surface area (Å²) in [6, 6.07) is 13.7. The second-order valence-corrected chi connectivity index (χ2v) is 7.93. The van der Waals surface area contributed by atoms with Crippen molar-refractivity contribution in [1.29, 1.82) is 0 Å². The quantitative estimate of drug-likeness (QED) is 0.628. The van der Waals surface area contributed by atoms with E-state index in [0.29, 0.717) is 13.0 Å². The first-order valence-corrected chi connectivity index (χ1v) is 11.0. The first-order valence-electron chi connectivity index (χ1n) is 9.89. The number of halogens is 1. The highest BCUT2D eigenvalue weighted by Gasteiger charge is 2.28. The Kier molecular flexibility index (Phi) is 9.19. The summed E-state index contributed by atoms with van der Waals surface area (Å²) in [5.74, 6) is 0.439. The van der Waals surface area contributed by atoms with Crippen LogP contribution in [0, 0.1) is 12.7 Å². The summed E-state index contributed by atoms with van der Waals surface area (Å²) in [6.07, 6.45) is 0.515.